The second kappa shape index (κ2) is 8.11. The standard InChI is InChI=1S/C21H25ClN2O2/c1-15-4-6-19(22)13-20(15)24-10-8-23(9-11-24)14-18-12-17(16(2)25)5-7-21(18)26-3/h4-7,12-13H,8-11,14H2,1-3H3/p+1. The van der Waals surface area contributed by atoms with Gasteiger partial charge in [0.1, 0.15) is 12.3 Å². The second-order valence-corrected chi connectivity index (χ2v) is 7.36. The van der Waals surface area contributed by atoms with Crippen molar-refractivity contribution in [3.63, 3.8) is 0 Å². The molecule has 1 heterocycles. The van der Waals surface area contributed by atoms with Gasteiger partial charge in [-0.2, -0.15) is 0 Å². The third-order valence-corrected chi connectivity index (χ3v) is 5.34. The predicted molar refractivity (Wildman–Crippen MR) is 106 cm³/mol. The van der Waals surface area contributed by atoms with Crippen molar-refractivity contribution >= 4 is 23.1 Å². The van der Waals surface area contributed by atoms with Crippen LogP contribution < -0.4 is 14.5 Å². The topological polar surface area (TPSA) is 34.0 Å². The van der Waals surface area contributed by atoms with Gasteiger partial charge in [-0.05, 0) is 49.7 Å². The molecule has 0 bridgehead atoms. The van der Waals surface area contributed by atoms with Crippen molar-refractivity contribution in [2.75, 3.05) is 38.2 Å². The van der Waals surface area contributed by atoms with Gasteiger partial charge in [-0.3, -0.25) is 4.79 Å². The number of benzene rings is 2. The lowest BCUT2D eigenvalue weighted by Crippen LogP contribution is -3.13. The fourth-order valence-electron chi connectivity index (χ4n) is 3.57. The SMILES string of the molecule is COc1ccc(C(C)=O)cc1C[NH+]1CCN(c2cc(Cl)ccc2C)CC1. The van der Waals surface area contributed by atoms with E-state index in [1.54, 1.807) is 14.0 Å². The first-order valence-corrected chi connectivity index (χ1v) is 9.38. The first-order chi connectivity index (χ1) is 12.5. The minimum Gasteiger partial charge on any atom is -0.496 e. The maximum absolute atomic E-state index is 11.7. The van der Waals surface area contributed by atoms with E-state index in [2.05, 4.69) is 24.0 Å². The summed E-state index contributed by atoms with van der Waals surface area (Å²) in [5.41, 5.74) is 4.33. The van der Waals surface area contributed by atoms with Crippen molar-refractivity contribution in [1.82, 2.24) is 0 Å². The summed E-state index contributed by atoms with van der Waals surface area (Å²) in [5, 5.41) is 0.783. The number of quaternary nitrogens is 1. The van der Waals surface area contributed by atoms with Gasteiger partial charge in [-0.25, -0.2) is 0 Å². The van der Waals surface area contributed by atoms with Gasteiger partial charge in [0.05, 0.1) is 33.3 Å². The van der Waals surface area contributed by atoms with Gasteiger partial charge in [0, 0.05) is 21.8 Å². The van der Waals surface area contributed by atoms with E-state index in [9.17, 15) is 4.79 Å². The monoisotopic (exact) mass is 373 g/mol. The molecule has 0 aromatic heterocycles. The number of aryl methyl sites for hydroxylation is 1. The van der Waals surface area contributed by atoms with Crippen molar-refractivity contribution in [2.24, 2.45) is 0 Å². The molecule has 2 aromatic carbocycles. The number of carbonyl (C=O) groups excluding carboxylic acids is 1. The van der Waals surface area contributed by atoms with Crippen molar-refractivity contribution in [1.29, 1.82) is 0 Å². The number of ether oxygens (including phenoxy) is 1. The van der Waals surface area contributed by atoms with Crippen LogP contribution in [-0.4, -0.2) is 39.1 Å². The molecule has 0 amide bonds. The first kappa shape index (κ1) is 18.7. The number of carbonyl (C=O) groups is 1. The highest BCUT2D eigenvalue weighted by Gasteiger charge is 2.23. The molecule has 0 aliphatic carbocycles. The zero-order chi connectivity index (χ0) is 18.7. The molecule has 0 radical (unpaired) electrons. The number of nitrogens with zero attached hydrogens (tertiary/aromatic N) is 1. The van der Waals surface area contributed by atoms with Crippen LogP contribution in [0, 0.1) is 6.92 Å². The maximum Gasteiger partial charge on any atom is 0.159 e. The number of rotatable bonds is 5. The van der Waals surface area contributed by atoms with E-state index in [1.165, 1.54) is 16.2 Å². The van der Waals surface area contributed by atoms with Crippen LogP contribution in [0.4, 0.5) is 5.69 Å². The third kappa shape index (κ3) is 4.19. The lowest BCUT2D eigenvalue weighted by molar-refractivity contribution is -0.914. The van der Waals surface area contributed by atoms with E-state index < -0.39 is 0 Å². The van der Waals surface area contributed by atoms with Gasteiger partial charge in [-0.1, -0.05) is 17.7 Å². The van der Waals surface area contributed by atoms with E-state index in [1.807, 2.05) is 24.3 Å². The zero-order valence-electron chi connectivity index (χ0n) is 15.6. The summed E-state index contributed by atoms with van der Waals surface area (Å²) in [4.78, 5) is 15.6. The van der Waals surface area contributed by atoms with Crippen LogP contribution >= 0.6 is 11.6 Å². The summed E-state index contributed by atoms with van der Waals surface area (Å²) in [6, 6.07) is 11.8. The van der Waals surface area contributed by atoms with Crippen molar-refractivity contribution < 1.29 is 14.4 Å². The number of Topliss-reactive ketones (excluding diaryl/α,β-unsaturated/α-hetero) is 1. The average molecular weight is 374 g/mol. The summed E-state index contributed by atoms with van der Waals surface area (Å²) >= 11 is 6.17. The third-order valence-electron chi connectivity index (χ3n) is 5.11. The lowest BCUT2D eigenvalue weighted by Gasteiger charge is -2.34. The Hall–Kier alpha value is -2.04. The van der Waals surface area contributed by atoms with E-state index >= 15 is 0 Å². The fourth-order valence-corrected chi connectivity index (χ4v) is 3.74. The molecule has 1 N–H and O–H groups in total. The molecule has 138 valence electrons. The highest BCUT2D eigenvalue weighted by molar-refractivity contribution is 6.30. The summed E-state index contributed by atoms with van der Waals surface area (Å²) < 4.78 is 5.49. The highest BCUT2D eigenvalue weighted by atomic mass is 35.5. The molecular weight excluding hydrogens is 348 g/mol. The summed E-state index contributed by atoms with van der Waals surface area (Å²) in [6.07, 6.45) is 0. The van der Waals surface area contributed by atoms with Crippen LogP contribution in [0.25, 0.3) is 0 Å². The molecule has 0 saturated carbocycles. The normalized spacial score (nSPS) is 15.2. The molecule has 3 rings (SSSR count). The molecule has 0 atom stereocenters. The van der Waals surface area contributed by atoms with Gasteiger partial charge >= 0.3 is 0 Å². The zero-order valence-corrected chi connectivity index (χ0v) is 16.4. The van der Waals surface area contributed by atoms with Gasteiger partial charge in [0.25, 0.3) is 0 Å². The number of methoxy groups -OCH3 is 1. The Morgan fingerprint density at radius 3 is 2.58 bits per heavy atom. The van der Waals surface area contributed by atoms with Crippen LogP contribution in [0.5, 0.6) is 5.75 Å². The summed E-state index contributed by atoms with van der Waals surface area (Å²) in [7, 11) is 1.68. The molecule has 26 heavy (non-hydrogen) atoms. The minimum atomic E-state index is 0.0881. The van der Waals surface area contributed by atoms with Crippen LogP contribution in [0.15, 0.2) is 36.4 Å². The van der Waals surface area contributed by atoms with Gasteiger partial charge < -0.3 is 14.5 Å². The van der Waals surface area contributed by atoms with Crippen LogP contribution in [0.2, 0.25) is 5.02 Å². The average Bonchev–Trinajstić information content (AvgIpc) is 2.64. The molecule has 1 fully saturated rings. The minimum absolute atomic E-state index is 0.0881. The predicted octanol–water partition coefficient (Wildman–Crippen LogP) is 2.76. The van der Waals surface area contributed by atoms with Crippen LogP contribution in [-0.2, 0) is 6.54 Å². The largest absolute Gasteiger partial charge is 0.496 e. The number of halogens is 1. The number of nitrogens with one attached hydrogen (secondary N) is 1. The number of piperazine rings is 1. The molecule has 2 aromatic rings. The van der Waals surface area contributed by atoms with Gasteiger partial charge in [0.2, 0.25) is 0 Å². The molecule has 5 heteroatoms. The smallest absolute Gasteiger partial charge is 0.159 e. The number of anilines is 1. The Balaban J connectivity index is 1.68. The Bertz CT molecular complexity index is 799. The maximum atomic E-state index is 11.7. The fraction of sp³-hybridized carbons (Fsp3) is 0.381. The molecule has 1 saturated heterocycles. The molecular formula is C21H26ClN2O2+. The van der Waals surface area contributed by atoms with Crippen molar-refractivity contribution in [2.45, 2.75) is 20.4 Å². The number of hydrogen-bond acceptors (Lipinski definition) is 3. The molecule has 0 spiro atoms. The summed E-state index contributed by atoms with van der Waals surface area (Å²) in [5.74, 6) is 0.945. The van der Waals surface area contributed by atoms with Crippen LogP contribution in [0.1, 0.15) is 28.4 Å². The first-order valence-electron chi connectivity index (χ1n) is 9.00. The Labute approximate surface area is 160 Å². The lowest BCUT2D eigenvalue weighted by atomic mass is 10.1. The van der Waals surface area contributed by atoms with Crippen molar-refractivity contribution in [3.8, 4) is 5.75 Å². The molecule has 1 aliphatic heterocycles. The van der Waals surface area contributed by atoms with Crippen LogP contribution in [0.3, 0.4) is 0 Å². The molecule has 1 aliphatic rings. The Kier molecular flexibility index (Phi) is 5.84. The summed E-state index contributed by atoms with van der Waals surface area (Å²) in [6.45, 7) is 8.66. The van der Waals surface area contributed by atoms with Gasteiger partial charge in [-0.15, -0.1) is 0 Å². The Morgan fingerprint density at radius 2 is 1.92 bits per heavy atom. The highest BCUT2D eigenvalue weighted by Crippen LogP contribution is 2.24. The second-order valence-electron chi connectivity index (χ2n) is 6.93. The molecule has 0 unspecified atom stereocenters. The van der Waals surface area contributed by atoms with Crippen molar-refractivity contribution in [3.05, 3.63) is 58.1 Å². The number of ketones is 1. The van der Waals surface area contributed by atoms with E-state index in [-0.39, 0.29) is 5.78 Å². The van der Waals surface area contributed by atoms with Gasteiger partial charge in [0.15, 0.2) is 5.78 Å². The quantitative estimate of drug-likeness (QED) is 0.818. The van der Waals surface area contributed by atoms with E-state index in [0.29, 0.717) is 0 Å². The van der Waals surface area contributed by atoms with E-state index in [4.69, 9.17) is 16.3 Å². The van der Waals surface area contributed by atoms with E-state index in [0.717, 1.165) is 54.6 Å². The molecule has 4 nitrogen and oxygen atoms in total. The Morgan fingerprint density at radius 1 is 1.19 bits per heavy atom. The number of hydrogen-bond donors (Lipinski definition) is 1.